The molecule has 1 N–H and O–H groups in total. The third-order valence-corrected chi connectivity index (χ3v) is 5.26. The summed E-state index contributed by atoms with van der Waals surface area (Å²) < 4.78 is 5.16. The van der Waals surface area contributed by atoms with E-state index in [9.17, 15) is 4.79 Å². The first kappa shape index (κ1) is 19.3. The summed E-state index contributed by atoms with van der Waals surface area (Å²) in [4.78, 5) is 19.1. The van der Waals surface area contributed by atoms with Gasteiger partial charge in [0.1, 0.15) is 0 Å². The van der Waals surface area contributed by atoms with Gasteiger partial charge < -0.3 is 9.84 Å². The van der Waals surface area contributed by atoms with Crippen LogP contribution in [0.3, 0.4) is 0 Å². The van der Waals surface area contributed by atoms with E-state index in [1.165, 1.54) is 5.56 Å². The Morgan fingerprint density at radius 2 is 1.96 bits per heavy atom. The lowest BCUT2D eigenvalue weighted by atomic mass is 10.1. The number of rotatable bonds is 8. The van der Waals surface area contributed by atoms with Gasteiger partial charge in [0.15, 0.2) is 5.82 Å². The molecule has 0 saturated heterocycles. The Balaban J connectivity index is 1.67. The lowest BCUT2D eigenvalue weighted by Crippen LogP contribution is -2.37. The molecular formula is C20H24N4O2S. The zero-order valence-corrected chi connectivity index (χ0v) is 16.6. The van der Waals surface area contributed by atoms with Crippen LogP contribution in [0.25, 0.3) is 11.5 Å². The highest BCUT2D eigenvalue weighted by Gasteiger charge is 2.19. The Labute approximate surface area is 163 Å². The van der Waals surface area contributed by atoms with Gasteiger partial charge in [0.25, 0.3) is 11.8 Å². The molecule has 0 aliphatic rings. The summed E-state index contributed by atoms with van der Waals surface area (Å²) in [7, 11) is 0. The van der Waals surface area contributed by atoms with Gasteiger partial charge in [0.2, 0.25) is 0 Å². The van der Waals surface area contributed by atoms with Gasteiger partial charge in [-0.25, -0.2) is 0 Å². The lowest BCUT2D eigenvalue weighted by molar-refractivity contribution is 0.0935. The molecular weight excluding hydrogens is 360 g/mol. The molecule has 1 amide bonds. The molecule has 27 heavy (non-hydrogen) atoms. The van der Waals surface area contributed by atoms with Crippen molar-refractivity contribution in [2.75, 3.05) is 19.6 Å². The van der Waals surface area contributed by atoms with Crippen molar-refractivity contribution in [2.45, 2.75) is 26.8 Å². The molecule has 0 aliphatic carbocycles. The van der Waals surface area contributed by atoms with E-state index in [4.69, 9.17) is 4.52 Å². The predicted molar refractivity (Wildman–Crippen MR) is 107 cm³/mol. The smallest absolute Gasteiger partial charge is 0.257 e. The number of benzene rings is 1. The summed E-state index contributed by atoms with van der Waals surface area (Å²) in [5.41, 5.74) is 2.65. The van der Waals surface area contributed by atoms with Crippen molar-refractivity contribution in [1.29, 1.82) is 0 Å². The molecule has 0 aliphatic heterocycles. The standard InChI is InChI=1S/C20H24N4O2S/c1-4-24(5-2)18(17-10-11-27-13-17)12-21-19(25)15-6-8-16(9-7-15)20-22-14(3)23-26-20/h6-11,13,18H,4-5,12H2,1-3H3,(H,21,25). The van der Waals surface area contributed by atoms with Crippen LogP contribution in [0.2, 0.25) is 0 Å². The van der Waals surface area contributed by atoms with Gasteiger partial charge in [-0.05, 0) is 66.7 Å². The molecule has 0 bridgehead atoms. The van der Waals surface area contributed by atoms with Gasteiger partial charge in [0, 0.05) is 17.7 Å². The fourth-order valence-corrected chi connectivity index (χ4v) is 3.76. The highest BCUT2D eigenvalue weighted by Crippen LogP contribution is 2.22. The summed E-state index contributed by atoms with van der Waals surface area (Å²) in [5, 5.41) is 11.1. The molecule has 7 heteroatoms. The van der Waals surface area contributed by atoms with E-state index in [0.29, 0.717) is 23.8 Å². The molecule has 0 spiro atoms. The Morgan fingerprint density at radius 1 is 1.22 bits per heavy atom. The average molecular weight is 385 g/mol. The Hall–Kier alpha value is -2.51. The van der Waals surface area contributed by atoms with Crippen molar-refractivity contribution < 1.29 is 9.32 Å². The summed E-state index contributed by atoms with van der Waals surface area (Å²) in [6.07, 6.45) is 0. The summed E-state index contributed by atoms with van der Waals surface area (Å²) in [5.74, 6) is 0.955. The van der Waals surface area contributed by atoms with Crippen molar-refractivity contribution in [2.24, 2.45) is 0 Å². The average Bonchev–Trinajstić information content (AvgIpc) is 3.37. The van der Waals surface area contributed by atoms with E-state index in [0.717, 1.165) is 18.7 Å². The summed E-state index contributed by atoms with van der Waals surface area (Å²) >= 11 is 1.68. The van der Waals surface area contributed by atoms with Gasteiger partial charge in [0.05, 0.1) is 6.04 Å². The number of aromatic nitrogens is 2. The second-order valence-electron chi connectivity index (χ2n) is 6.23. The maximum absolute atomic E-state index is 12.6. The number of nitrogens with one attached hydrogen (secondary N) is 1. The molecule has 3 rings (SSSR count). The molecule has 2 heterocycles. The normalized spacial score (nSPS) is 12.3. The highest BCUT2D eigenvalue weighted by atomic mass is 32.1. The fraction of sp³-hybridized carbons (Fsp3) is 0.350. The summed E-state index contributed by atoms with van der Waals surface area (Å²) in [6, 6.07) is 9.50. The quantitative estimate of drug-likeness (QED) is 0.637. The van der Waals surface area contributed by atoms with Gasteiger partial charge in [-0.3, -0.25) is 9.69 Å². The van der Waals surface area contributed by atoms with Crippen LogP contribution in [0.1, 0.15) is 41.6 Å². The van der Waals surface area contributed by atoms with E-state index < -0.39 is 0 Å². The molecule has 6 nitrogen and oxygen atoms in total. The van der Waals surface area contributed by atoms with Crippen molar-refractivity contribution in [3.05, 3.63) is 58.0 Å². The number of carbonyl (C=O) groups excluding carboxylic acids is 1. The maximum atomic E-state index is 12.6. The van der Waals surface area contributed by atoms with Gasteiger partial charge in [-0.15, -0.1) is 0 Å². The molecule has 142 valence electrons. The number of hydrogen-bond donors (Lipinski definition) is 1. The highest BCUT2D eigenvalue weighted by molar-refractivity contribution is 7.07. The number of likely N-dealkylation sites (N-methyl/N-ethyl adjacent to an activating group) is 1. The maximum Gasteiger partial charge on any atom is 0.257 e. The minimum Gasteiger partial charge on any atom is -0.350 e. The zero-order chi connectivity index (χ0) is 19.2. The van der Waals surface area contributed by atoms with Crippen LogP contribution in [0, 0.1) is 6.92 Å². The van der Waals surface area contributed by atoms with E-state index in [1.54, 1.807) is 30.4 Å². The van der Waals surface area contributed by atoms with Crippen LogP contribution in [-0.2, 0) is 0 Å². The van der Waals surface area contributed by atoms with Crippen LogP contribution in [-0.4, -0.2) is 40.6 Å². The van der Waals surface area contributed by atoms with E-state index in [2.05, 4.69) is 51.0 Å². The second-order valence-corrected chi connectivity index (χ2v) is 7.01. The van der Waals surface area contributed by atoms with Gasteiger partial charge in [-0.2, -0.15) is 16.3 Å². The number of hydrogen-bond acceptors (Lipinski definition) is 6. The van der Waals surface area contributed by atoms with E-state index in [-0.39, 0.29) is 11.9 Å². The third-order valence-electron chi connectivity index (χ3n) is 4.56. The van der Waals surface area contributed by atoms with Crippen molar-refractivity contribution in [1.82, 2.24) is 20.4 Å². The predicted octanol–water partition coefficient (Wildman–Crippen LogP) is 3.92. The SMILES string of the molecule is CCN(CC)C(CNC(=O)c1ccc(-c2nc(C)no2)cc1)c1ccsc1. The molecule has 1 unspecified atom stereocenters. The molecule has 0 radical (unpaired) electrons. The number of carbonyl (C=O) groups is 1. The third kappa shape index (κ3) is 4.61. The van der Waals surface area contributed by atoms with Crippen LogP contribution in [0.4, 0.5) is 0 Å². The monoisotopic (exact) mass is 384 g/mol. The molecule has 0 saturated carbocycles. The zero-order valence-electron chi connectivity index (χ0n) is 15.8. The largest absolute Gasteiger partial charge is 0.350 e. The Kier molecular flexibility index (Phi) is 6.36. The fourth-order valence-electron chi connectivity index (χ4n) is 3.06. The molecule has 2 aromatic heterocycles. The van der Waals surface area contributed by atoms with Crippen molar-refractivity contribution in [3.8, 4) is 11.5 Å². The van der Waals surface area contributed by atoms with E-state index in [1.807, 2.05) is 12.1 Å². The van der Waals surface area contributed by atoms with Crippen molar-refractivity contribution >= 4 is 17.2 Å². The Bertz CT molecular complexity index is 855. The minimum absolute atomic E-state index is 0.0874. The van der Waals surface area contributed by atoms with Gasteiger partial charge >= 0.3 is 0 Å². The molecule has 3 aromatic rings. The van der Waals surface area contributed by atoms with E-state index >= 15 is 0 Å². The van der Waals surface area contributed by atoms with Crippen LogP contribution >= 0.6 is 11.3 Å². The molecule has 1 atom stereocenters. The topological polar surface area (TPSA) is 71.3 Å². The number of aryl methyl sites for hydroxylation is 1. The Morgan fingerprint density at radius 3 is 2.52 bits per heavy atom. The molecule has 0 fully saturated rings. The second kappa shape index (κ2) is 8.92. The number of thiophene rings is 1. The number of amides is 1. The minimum atomic E-state index is -0.0874. The first-order valence-electron chi connectivity index (χ1n) is 9.07. The first-order chi connectivity index (χ1) is 13.1. The van der Waals surface area contributed by atoms with Gasteiger partial charge in [-0.1, -0.05) is 19.0 Å². The molecule has 1 aromatic carbocycles. The van der Waals surface area contributed by atoms with Crippen LogP contribution < -0.4 is 5.32 Å². The van der Waals surface area contributed by atoms with Crippen molar-refractivity contribution in [3.63, 3.8) is 0 Å². The first-order valence-corrected chi connectivity index (χ1v) is 10.0. The lowest BCUT2D eigenvalue weighted by Gasteiger charge is -2.29. The van der Waals surface area contributed by atoms with Crippen LogP contribution in [0.5, 0.6) is 0 Å². The van der Waals surface area contributed by atoms with Crippen LogP contribution in [0.15, 0.2) is 45.6 Å². The number of nitrogens with zero attached hydrogens (tertiary/aromatic N) is 3. The summed E-state index contributed by atoms with van der Waals surface area (Å²) in [6.45, 7) is 8.50.